The molecule has 2 aromatic carbocycles. The van der Waals surface area contributed by atoms with Crippen LogP contribution in [0.1, 0.15) is 5.56 Å². The van der Waals surface area contributed by atoms with Crippen LogP contribution in [0.4, 0.5) is 5.69 Å². The van der Waals surface area contributed by atoms with Crippen LogP contribution in [0.15, 0.2) is 57.9 Å². The van der Waals surface area contributed by atoms with Gasteiger partial charge in [-0.15, -0.1) is 11.8 Å². The Kier molecular flexibility index (Phi) is 3.91. The lowest BCUT2D eigenvalue weighted by Gasteiger charge is -2.03. The van der Waals surface area contributed by atoms with Crippen molar-refractivity contribution in [3.8, 4) is 0 Å². The molecule has 0 aliphatic rings. The van der Waals surface area contributed by atoms with Crippen molar-refractivity contribution in [1.29, 1.82) is 0 Å². The zero-order chi connectivity index (χ0) is 11.4. The van der Waals surface area contributed by atoms with Crippen LogP contribution in [-0.4, -0.2) is 0 Å². The maximum Gasteiger partial charge on any atom is 0.0317 e. The molecule has 2 N–H and O–H groups in total. The molecule has 0 radical (unpaired) electrons. The maximum absolute atomic E-state index is 5.73. The maximum atomic E-state index is 5.73. The predicted molar refractivity (Wildman–Crippen MR) is 74.6 cm³/mol. The number of thioether (sulfide) groups is 1. The first-order valence-corrected chi connectivity index (χ1v) is 6.75. The lowest BCUT2D eigenvalue weighted by molar-refractivity contribution is 1.37. The van der Waals surface area contributed by atoms with Gasteiger partial charge in [-0.1, -0.05) is 34.1 Å². The number of nitrogens with two attached hydrogens (primary N) is 1. The average Bonchev–Trinajstić information content (AvgIpc) is 2.27. The molecule has 0 aliphatic carbocycles. The van der Waals surface area contributed by atoms with Crippen molar-refractivity contribution in [2.45, 2.75) is 10.6 Å². The van der Waals surface area contributed by atoms with Crippen molar-refractivity contribution >= 4 is 33.4 Å². The van der Waals surface area contributed by atoms with Crippen LogP contribution < -0.4 is 5.73 Å². The molecule has 0 unspecified atom stereocenters. The monoisotopic (exact) mass is 293 g/mol. The van der Waals surface area contributed by atoms with Gasteiger partial charge in [0.1, 0.15) is 0 Å². The Morgan fingerprint density at radius 1 is 1.06 bits per heavy atom. The van der Waals surface area contributed by atoms with Crippen LogP contribution in [0, 0.1) is 0 Å². The molecule has 0 saturated heterocycles. The minimum Gasteiger partial charge on any atom is -0.399 e. The molecule has 0 fully saturated rings. The first-order chi connectivity index (χ1) is 7.74. The largest absolute Gasteiger partial charge is 0.399 e. The van der Waals surface area contributed by atoms with E-state index < -0.39 is 0 Å². The average molecular weight is 294 g/mol. The quantitative estimate of drug-likeness (QED) is 0.674. The van der Waals surface area contributed by atoms with Crippen molar-refractivity contribution in [3.63, 3.8) is 0 Å². The molecule has 0 amide bonds. The van der Waals surface area contributed by atoms with Gasteiger partial charge in [0.25, 0.3) is 0 Å². The zero-order valence-corrected chi connectivity index (χ0v) is 11.1. The Balaban J connectivity index is 2.02. The molecule has 0 spiro atoms. The van der Waals surface area contributed by atoms with Gasteiger partial charge in [0.2, 0.25) is 0 Å². The standard InChI is InChI=1S/C13H12BrNS/c14-11-4-2-6-13(8-11)16-9-10-3-1-5-12(15)7-10/h1-8H,9,15H2. The third-order valence-corrected chi connectivity index (χ3v) is 3.71. The van der Waals surface area contributed by atoms with Crippen molar-refractivity contribution in [1.82, 2.24) is 0 Å². The summed E-state index contributed by atoms with van der Waals surface area (Å²) >= 11 is 5.28. The van der Waals surface area contributed by atoms with Gasteiger partial charge in [-0.05, 0) is 35.9 Å². The fourth-order valence-corrected chi connectivity index (χ4v) is 2.86. The van der Waals surface area contributed by atoms with Crippen molar-refractivity contribution in [2.75, 3.05) is 5.73 Å². The van der Waals surface area contributed by atoms with Crippen LogP contribution in [0.2, 0.25) is 0 Å². The Labute approximate surface area is 108 Å². The number of halogens is 1. The van der Waals surface area contributed by atoms with E-state index in [1.54, 1.807) is 0 Å². The van der Waals surface area contributed by atoms with Gasteiger partial charge in [0.05, 0.1) is 0 Å². The van der Waals surface area contributed by atoms with E-state index in [1.165, 1.54) is 10.5 Å². The summed E-state index contributed by atoms with van der Waals surface area (Å²) in [5.41, 5.74) is 7.82. The molecule has 0 aromatic heterocycles. The predicted octanol–water partition coefficient (Wildman–Crippen LogP) is 4.32. The van der Waals surface area contributed by atoms with Gasteiger partial charge < -0.3 is 5.73 Å². The summed E-state index contributed by atoms with van der Waals surface area (Å²) in [5, 5.41) is 0. The van der Waals surface area contributed by atoms with Crippen molar-refractivity contribution < 1.29 is 0 Å². The number of hydrogen-bond donors (Lipinski definition) is 1. The summed E-state index contributed by atoms with van der Waals surface area (Å²) in [6, 6.07) is 16.3. The van der Waals surface area contributed by atoms with Crippen molar-refractivity contribution in [3.05, 3.63) is 58.6 Å². The third-order valence-electron chi connectivity index (χ3n) is 2.15. The summed E-state index contributed by atoms with van der Waals surface area (Å²) in [6.45, 7) is 0. The molecule has 2 rings (SSSR count). The van der Waals surface area contributed by atoms with Crippen LogP contribution in [0.5, 0.6) is 0 Å². The zero-order valence-electron chi connectivity index (χ0n) is 8.69. The third kappa shape index (κ3) is 3.29. The van der Waals surface area contributed by atoms with E-state index in [4.69, 9.17) is 5.73 Å². The summed E-state index contributed by atoms with van der Waals surface area (Å²) in [4.78, 5) is 1.26. The first-order valence-electron chi connectivity index (χ1n) is 4.97. The molecule has 0 atom stereocenters. The van der Waals surface area contributed by atoms with Gasteiger partial charge in [-0.3, -0.25) is 0 Å². The number of nitrogen functional groups attached to an aromatic ring is 1. The van der Waals surface area contributed by atoms with E-state index in [2.05, 4.69) is 34.1 Å². The summed E-state index contributed by atoms with van der Waals surface area (Å²) in [6.07, 6.45) is 0. The van der Waals surface area contributed by atoms with E-state index in [0.717, 1.165) is 15.9 Å². The molecule has 1 nitrogen and oxygen atoms in total. The van der Waals surface area contributed by atoms with Crippen LogP contribution in [0.25, 0.3) is 0 Å². The summed E-state index contributed by atoms with van der Waals surface area (Å²) < 4.78 is 1.12. The normalized spacial score (nSPS) is 10.3. The van der Waals surface area contributed by atoms with Gasteiger partial charge in [-0.25, -0.2) is 0 Å². The van der Waals surface area contributed by atoms with E-state index in [-0.39, 0.29) is 0 Å². The van der Waals surface area contributed by atoms with E-state index in [1.807, 2.05) is 42.1 Å². The van der Waals surface area contributed by atoms with Crippen LogP contribution in [-0.2, 0) is 5.75 Å². The lowest BCUT2D eigenvalue weighted by Crippen LogP contribution is -1.86. The molecule has 0 aliphatic heterocycles. The highest BCUT2D eigenvalue weighted by Gasteiger charge is 1.97. The number of benzene rings is 2. The molecule has 0 saturated carbocycles. The number of hydrogen-bond acceptors (Lipinski definition) is 2. The molecule has 0 bridgehead atoms. The Morgan fingerprint density at radius 2 is 1.88 bits per heavy atom. The summed E-state index contributed by atoms with van der Waals surface area (Å²) in [5.74, 6) is 0.946. The molecule has 2 aromatic rings. The van der Waals surface area contributed by atoms with E-state index in [9.17, 15) is 0 Å². The van der Waals surface area contributed by atoms with Gasteiger partial charge in [-0.2, -0.15) is 0 Å². The molecule has 16 heavy (non-hydrogen) atoms. The SMILES string of the molecule is Nc1cccc(CSc2cccc(Br)c2)c1. The second-order valence-corrected chi connectivity index (χ2v) is 5.46. The fraction of sp³-hybridized carbons (Fsp3) is 0.0769. The molecule has 82 valence electrons. The number of anilines is 1. The highest BCUT2D eigenvalue weighted by molar-refractivity contribution is 9.10. The van der Waals surface area contributed by atoms with Gasteiger partial charge in [0, 0.05) is 20.8 Å². The Morgan fingerprint density at radius 3 is 2.62 bits per heavy atom. The fourth-order valence-electron chi connectivity index (χ4n) is 1.41. The van der Waals surface area contributed by atoms with E-state index >= 15 is 0 Å². The van der Waals surface area contributed by atoms with Gasteiger partial charge in [0.15, 0.2) is 0 Å². The molecular formula is C13H12BrNS. The van der Waals surface area contributed by atoms with Gasteiger partial charge >= 0.3 is 0 Å². The highest BCUT2D eigenvalue weighted by atomic mass is 79.9. The molecule has 0 heterocycles. The Bertz CT molecular complexity index is 439. The number of rotatable bonds is 3. The second kappa shape index (κ2) is 5.41. The first kappa shape index (κ1) is 11.6. The van der Waals surface area contributed by atoms with Crippen molar-refractivity contribution in [2.24, 2.45) is 0 Å². The van der Waals surface area contributed by atoms with Crippen LogP contribution >= 0.6 is 27.7 Å². The highest BCUT2D eigenvalue weighted by Crippen LogP contribution is 2.25. The Hall–Kier alpha value is -0.930. The minimum absolute atomic E-state index is 0.826. The smallest absolute Gasteiger partial charge is 0.0317 e. The van der Waals surface area contributed by atoms with E-state index in [0.29, 0.717) is 0 Å². The summed E-state index contributed by atoms with van der Waals surface area (Å²) in [7, 11) is 0. The molecular weight excluding hydrogens is 282 g/mol. The topological polar surface area (TPSA) is 26.0 Å². The van der Waals surface area contributed by atoms with Crippen LogP contribution in [0.3, 0.4) is 0 Å². The lowest BCUT2D eigenvalue weighted by atomic mass is 10.2. The second-order valence-electron chi connectivity index (χ2n) is 3.49. The minimum atomic E-state index is 0.826. The molecule has 3 heteroatoms.